The Bertz CT molecular complexity index is 872. The van der Waals surface area contributed by atoms with Crippen molar-refractivity contribution in [1.29, 1.82) is 0 Å². The molecule has 0 radical (unpaired) electrons. The van der Waals surface area contributed by atoms with Crippen LogP contribution < -0.4 is 5.73 Å². The predicted octanol–water partition coefficient (Wildman–Crippen LogP) is -2.44. The number of ether oxygens (including phenoxy) is 1. The lowest BCUT2D eigenvalue weighted by Gasteiger charge is -2.25. The fourth-order valence-corrected chi connectivity index (χ4v) is 3.03. The Morgan fingerprint density at radius 2 is 1.93 bits per heavy atom. The molecule has 3 rings (SSSR count). The number of carboxylic acids is 2. The Labute approximate surface area is 150 Å². The van der Waals surface area contributed by atoms with Crippen molar-refractivity contribution in [3.8, 4) is 0 Å². The van der Waals surface area contributed by atoms with E-state index in [1.807, 2.05) is 0 Å². The summed E-state index contributed by atoms with van der Waals surface area (Å²) in [6, 6.07) is 0. The molecule has 2 aromatic rings. The first-order valence-corrected chi connectivity index (χ1v) is 7.79. The summed E-state index contributed by atoms with van der Waals surface area (Å²) in [7, 11) is 0. The largest absolute Gasteiger partial charge is 0.481 e. The molecule has 1 fully saturated rings. The number of nitrogens with two attached hydrogens (primary N) is 1. The fraction of sp³-hybridized carbons (Fsp3) is 0.500. The molecule has 1 saturated heterocycles. The van der Waals surface area contributed by atoms with Crippen molar-refractivity contribution in [1.82, 2.24) is 19.5 Å². The molecule has 3 heterocycles. The minimum Gasteiger partial charge on any atom is -0.481 e. The quantitative estimate of drug-likeness (QED) is 0.307. The molecule has 2 unspecified atom stereocenters. The van der Waals surface area contributed by atoms with Gasteiger partial charge in [0.05, 0.1) is 24.8 Å². The average Bonchev–Trinajstić information content (AvgIpc) is 3.15. The number of rotatable bonds is 6. The number of anilines is 1. The third-order valence-corrected chi connectivity index (χ3v) is 4.40. The lowest BCUT2D eigenvalue weighted by molar-refractivity contribution is -0.160. The maximum atomic E-state index is 11.3. The number of imidazole rings is 1. The van der Waals surface area contributed by atoms with Gasteiger partial charge in [-0.1, -0.05) is 0 Å². The molecule has 6 atom stereocenters. The highest BCUT2D eigenvalue weighted by Crippen LogP contribution is 2.35. The Kier molecular flexibility index (Phi) is 4.93. The molecule has 1 aliphatic heterocycles. The molecular formula is C14H17N5O8. The lowest BCUT2D eigenvalue weighted by Crippen LogP contribution is -2.45. The van der Waals surface area contributed by atoms with Gasteiger partial charge in [0.15, 0.2) is 17.7 Å². The van der Waals surface area contributed by atoms with Crippen LogP contribution in [-0.4, -0.2) is 81.4 Å². The van der Waals surface area contributed by atoms with Gasteiger partial charge in [-0.25, -0.2) is 15.0 Å². The third-order valence-electron chi connectivity index (χ3n) is 4.40. The van der Waals surface area contributed by atoms with E-state index >= 15 is 0 Å². The van der Waals surface area contributed by atoms with Crippen LogP contribution in [0.15, 0.2) is 12.7 Å². The molecule has 7 N–H and O–H groups in total. The molecule has 0 saturated carbocycles. The van der Waals surface area contributed by atoms with Crippen molar-refractivity contribution in [2.24, 2.45) is 5.92 Å². The van der Waals surface area contributed by atoms with Crippen molar-refractivity contribution in [3.05, 3.63) is 12.7 Å². The molecule has 13 nitrogen and oxygen atoms in total. The van der Waals surface area contributed by atoms with Gasteiger partial charge in [0.2, 0.25) is 0 Å². The van der Waals surface area contributed by atoms with E-state index in [0.29, 0.717) is 0 Å². The van der Waals surface area contributed by atoms with E-state index < -0.39 is 54.9 Å². The van der Waals surface area contributed by atoms with Crippen molar-refractivity contribution in [2.75, 3.05) is 5.73 Å². The predicted molar refractivity (Wildman–Crippen MR) is 85.0 cm³/mol. The van der Waals surface area contributed by atoms with Gasteiger partial charge < -0.3 is 36.0 Å². The van der Waals surface area contributed by atoms with Gasteiger partial charge in [-0.15, -0.1) is 0 Å². The number of carbonyl (C=O) groups is 2. The van der Waals surface area contributed by atoms with Crippen molar-refractivity contribution >= 4 is 28.9 Å². The van der Waals surface area contributed by atoms with Crippen molar-refractivity contribution in [2.45, 2.75) is 37.1 Å². The van der Waals surface area contributed by atoms with Crippen molar-refractivity contribution < 1.29 is 39.9 Å². The van der Waals surface area contributed by atoms with Crippen LogP contribution >= 0.6 is 0 Å². The van der Waals surface area contributed by atoms with Gasteiger partial charge in [-0.05, 0) is 0 Å². The Morgan fingerprint density at radius 3 is 2.56 bits per heavy atom. The van der Waals surface area contributed by atoms with E-state index in [9.17, 15) is 24.9 Å². The Balaban J connectivity index is 1.90. The van der Waals surface area contributed by atoms with Crippen LogP contribution in [0.1, 0.15) is 12.6 Å². The summed E-state index contributed by atoms with van der Waals surface area (Å²) in [5, 5.41) is 48.8. The standard InChI is InChI=1S/C14H17N5O8/c15-11-6-12(17-2-16-11)19(3-18-6)13-9(24)8(23)10(27-13)7(22)4(14(25)26)1-5(20)21/h2-4,7-10,13,22-24H,1H2,(H,20,21)(H,25,26)(H2,15,16,17)/t4?,7?,8-,9+,10+,13+/m0/s1. The summed E-state index contributed by atoms with van der Waals surface area (Å²) in [4.78, 5) is 33.9. The van der Waals surface area contributed by atoms with Gasteiger partial charge in [-0.2, -0.15) is 0 Å². The Morgan fingerprint density at radius 1 is 1.22 bits per heavy atom. The van der Waals surface area contributed by atoms with Gasteiger partial charge >= 0.3 is 11.9 Å². The normalized spacial score (nSPS) is 27.5. The highest BCUT2D eigenvalue weighted by Gasteiger charge is 2.50. The highest BCUT2D eigenvalue weighted by atomic mass is 16.6. The summed E-state index contributed by atoms with van der Waals surface area (Å²) in [5.74, 6) is -4.69. The zero-order valence-electron chi connectivity index (χ0n) is 13.7. The number of hydrogen-bond donors (Lipinski definition) is 6. The summed E-state index contributed by atoms with van der Waals surface area (Å²) >= 11 is 0. The second-order valence-electron chi connectivity index (χ2n) is 6.09. The minimum atomic E-state index is -1.89. The second-order valence-corrected chi connectivity index (χ2v) is 6.09. The second kappa shape index (κ2) is 7.03. The molecule has 13 heteroatoms. The molecular weight excluding hydrogens is 366 g/mol. The molecule has 0 amide bonds. The molecule has 146 valence electrons. The van der Waals surface area contributed by atoms with Crippen LogP contribution in [0.5, 0.6) is 0 Å². The fourth-order valence-electron chi connectivity index (χ4n) is 3.03. The number of nitrogen functional groups attached to an aromatic ring is 1. The average molecular weight is 383 g/mol. The van der Waals surface area contributed by atoms with E-state index in [1.54, 1.807) is 0 Å². The number of fused-ring (bicyclic) bond motifs is 1. The van der Waals surface area contributed by atoms with Crippen LogP contribution in [0.2, 0.25) is 0 Å². The molecule has 0 aliphatic carbocycles. The van der Waals surface area contributed by atoms with E-state index in [2.05, 4.69) is 15.0 Å². The summed E-state index contributed by atoms with van der Waals surface area (Å²) in [5.41, 5.74) is 6.10. The molecule has 1 aliphatic rings. The van der Waals surface area contributed by atoms with Crippen LogP contribution in [-0.2, 0) is 14.3 Å². The zero-order valence-corrected chi connectivity index (χ0v) is 13.7. The first-order valence-electron chi connectivity index (χ1n) is 7.79. The van der Waals surface area contributed by atoms with E-state index in [1.165, 1.54) is 10.9 Å². The molecule has 0 aromatic carbocycles. The van der Waals surface area contributed by atoms with Gasteiger partial charge in [0, 0.05) is 0 Å². The van der Waals surface area contributed by atoms with Crippen LogP contribution in [0, 0.1) is 5.92 Å². The molecule has 27 heavy (non-hydrogen) atoms. The van der Waals surface area contributed by atoms with E-state index in [4.69, 9.17) is 20.7 Å². The van der Waals surface area contributed by atoms with E-state index in [0.717, 1.165) is 6.33 Å². The smallest absolute Gasteiger partial charge is 0.309 e. The highest BCUT2D eigenvalue weighted by molar-refractivity contribution is 5.81. The van der Waals surface area contributed by atoms with Gasteiger partial charge in [-0.3, -0.25) is 14.2 Å². The monoisotopic (exact) mass is 383 g/mol. The third kappa shape index (κ3) is 3.28. The van der Waals surface area contributed by atoms with Gasteiger partial charge in [0.25, 0.3) is 0 Å². The zero-order chi connectivity index (χ0) is 19.9. The summed E-state index contributed by atoms with van der Waals surface area (Å²) in [6.45, 7) is 0. The Hall–Kier alpha value is -2.87. The van der Waals surface area contributed by atoms with Crippen LogP contribution in [0.25, 0.3) is 11.2 Å². The van der Waals surface area contributed by atoms with Crippen molar-refractivity contribution in [3.63, 3.8) is 0 Å². The number of carboxylic acid groups (broad SMARTS) is 2. The first kappa shape index (κ1) is 18.9. The lowest BCUT2D eigenvalue weighted by atomic mass is 9.91. The number of aliphatic carboxylic acids is 2. The SMILES string of the molecule is Nc1ncnc2c1ncn2[C@@H]1O[C@H](C(O)C(CC(=O)O)C(=O)O)[C@@H](O)[C@H]1O. The summed E-state index contributed by atoms with van der Waals surface area (Å²) in [6.07, 6.45) is -6.45. The number of aromatic nitrogens is 4. The van der Waals surface area contributed by atoms with E-state index in [-0.39, 0.29) is 17.0 Å². The number of aliphatic hydroxyl groups is 3. The molecule has 0 spiro atoms. The van der Waals surface area contributed by atoms with Gasteiger partial charge in [0.1, 0.15) is 30.2 Å². The first-order chi connectivity index (χ1) is 12.7. The van der Waals surface area contributed by atoms with Crippen LogP contribution in [0.3, 0.4) is 0 Å². The maximum absolute atomic E-state index is 11.3. The number of nitrogens with zero attached hydrogens (tertiary/aromatic N) is 4. The topological polar surface area (TPSA) is 214 Å². The number of hydrogen-bond acceptors (Lipinski definition) is 10. The number of aliphatic hydroxyl groups excluding tert-OH is 3. The molecule has 2 aromatic heterocycles. The molecule has 0 bridgehead atoms. The minimum absolute atomic E-state index is 0.0794. The van der Waals surface area contributed by atoms with Crippen LogP contribution in [0.4, 0.5) is 5.82 Å². The summed E-state index contributed by atoms with van der Waals surface area (Å²) < 4.78 is 6.72. The maximum Gasteiger partial charge on any atom is 0.309 e.